The number of carbonyl (C=O) groups is 1. The molecule has 78 valence electrons. The van der Waals surface area contributed by atoms with E-state index >= 15 is 0 Å². The van der Waals surface area contributed by atoms with Crippen LogP contribution in [0.15, 0.2) is 29.2 Å². The van der Waals surface area contributed by atoms with Gasteiger partial charge in [0, 0.05) is 24.7 Å². The summed E-state index contributed by atoms with van der Waals surface area (Å²) in [5, 5.41) is 2.51. The van der Waals surface area contributed by atoms with Gasteiger partial charge in [-0.2, -0.15) is 0 Å². The molecule has 6 heteroatoms. The molecule has 0 bridgehead atoms. The van der Waals surface area contributed by atoms with E-state index in [0.29, 0.717) is 5.69 Å². The Morgan fingerprint density at radius 2 is 1.86 bits per heavy atom. The van der Waals surface area contributed by atoms with Crippen LogP contribution in [0, 0.1) is 0 Å². The van der Waals surface area contributed by atoms with Gasteiger partial charge >= 0.3 is 0 Å². The summed E-state index contributed by atoms with van der Waals surface area (Å²) in [4.78, 5) is 10.6. The van der Waals surface area contributed by atoms with Crippen LogP contribution >= 0.6 is 10.7 Å². The van der Waals surface area contributed by atoms with Gasteiger partial charge in [0.25, 0.3) is 9.05 Å². The Balaban J connectivity index is 0.00000196. The SMILES string of the molecule is CC(=O)Nc1ccc(S(=O)(=O)Cl)cc1.[HH]. The van der Waals surface area contributed by atoms with Gasteiger partial charge in [0.15, 0.2) is 0 Å². The minimum atomic E-state index is -3.69. The molecule has 1 aromatic carbocycles. The zero-order valence-corrected chi connectivity index (χ0v) is 8.89. The fourth-order valence-electron chi connectivity index (χ4n) is 0.904. The standard InChI is InChI=1S/C8H8ClNO3S.H2/c1-6(11)10-7-2-4-8(5-3-7)14(9,12)13;/h2-5H,1H3,(H,10,11);1H. The lowest BCUT2D eigenvalue weighted by Crippen LogP contribution is -2.05. The van der Waals surface area contributed by atoms with Crippen LogP contribution in [0.5, 0.6) is 0 Å². The number of hydrogen-bond acceptors (Lipinski definition) is 3. The van der Waals surface area contributed by atoms with Gasteiger partial charge in [-0.1, -0.05) is 0 Å². The number of nitrogens with one attached hydrogen (secondary N) is 1. The average molecular weight is 236 g/mol. The molecule has 0 radical (unpaired) electrons. The van der Waals surface area contributed by atoms with Crippen molar-refractivity contribution >= 4 is 31.3 Å². The predicted molar refractivity (Wildman–Crippen MR) is 55.9 cm³/mol. The molecule has 0 unspecified atom stereocenters. The van der Waals surface area contributed by atoms with Gasteiger partial charge in [0.05, 0.1) is 4.90 Å². The highest BCUT2D eigenvalue weighted by atomic mass is 35.7. The molecule has 0 heterocycles. The fraction of sp³-hybridized carbons (Fsp3) is 0.125. The Morgan fingerprint density at radius 3 is 2.21 bits per heavy atom. The summed E-state index contributed by atoms with van der Waals surface area (Å²) in [6.45, 7) is 1.37. The minimum absolute atomic E-state index is 0. The van der Waals surface area contributed by atoms with Gasteiger partial charge in [-0.3, -0.25) is 4.79 Å². The average Bonchev–Trinajstić information content (AvgIpc) is 2.02. The minimum Gasteiger partial charge on any atom is -0.326 e. The second kappa shape index (κ2) is 3.98. The monoisotopic (exact) mass is 235 g/mol. The van der Waals surface area contributed by atoms with Crippen LogP contribution in [-0.2, 0) is 13.8 Å². The van der Waals surface area contributed by atoms with Gasteiger partial charge in [0.2, 0.25) is 5.91 Å². The maximum atomic E-state index is 10.8. The van der Waals surface area contributed by atoms with Crippen molar-refractivity contribution < 1.29 is 14.6 Å². The largest absolute Gasteiger partial charge is 0.326 e. The van der Waals surface area contributed by atoms with E-state index in [-0.39, 0.29) is 12.2 Å². The molecule has 0 aliphatic carbocycles. The second-order valence-corrected chi connectivity index (χ2v) is 5.21. The Kier molecular flexibility index (Phi) is 3.13. The summed E-state index contributed by atoms with van der Waals surface area (Å²) in [7, 11) is 1.41. The maximum absolute atomic E-state index is 10.8. The zero-order chi connectivity index (χ0) is 10.8. The van der Waals surface area contributed by atoms with Gasteiger partial charge in [-0.15, -0.1) is 0 Å². The molecule has 0 aliphatic heterocycles. The van der Waals surface area contributed by atoms with Crippen LogP contribution in [-0.4, -0.2) is 14.3 Å². The van der Waals surface area contributed by atoms with Gasteiger partial charge in [-0.25, -0.2) is 8.42 Å². The Hall–Kier alpha value is -1.07. The molecule has 0 aromatic heterocycles. The third kappa shape index (κ3) is 3.01. The molecule has 0 spiro atoms. The molecule has 1 amide bonds. The summed E-state index contributed by atoms with van der Waals surface area (Å²) in [5.41, 5.74) is 0.529. The first-order chi connectivity index (χ1) is 6.39. The van der Waals surface area contributed by atoms with Crippen molar-refractivity contribution in [2.45, 2.75) is 11.8 Å². The number of amides is 1. The van der Waals surface area contributed by atoms with E-state index in [4.69, 9.17) is 10.7 Å². The third-order valence-corrected chi connectivity index (χ3v) is 2.83. The molecule has 1 rings (SSSR count). The number of benzene rings is 1. The van der Waals surface area contributed by atoms with Gasteiger partial charge in [-0.05, 0) is 24.3 Å². The number of carbonyl (C=O) groups excluding carboxylic acids is 1. The van der Waals surface area contributed by atoms with Crippen molar-refractivity contribution in [2.24, 2.45) is 0 Å². The van der Waals surface area contributed by atoms with E-state index in [1.807, 2.05) is 0 Å². The molecule has 1 aromatic rings. The summed E-state index contributed by atoms with van der Waals surface area (Å²) in [6.07, 6.45) is 0. The summed E-state index contributed by atoms with van der Waals surface area (Å²) in [5.74, 6) is -0.216. The van der Waals surface area contributed by atoms with E-state index in [1.54, 1.807) is 0 Å². The molecule has 0 aliphatic rings. The highest BCUT2D eigenvalue weighted by Gasteiger charge is 2.08. The van der Waals surface area contributed by atoms with Crippen molar-refractivity contribution in [1.82, 2.24) is 0 Å². The Bertz CT molecular complexity index is 443. The molecule has 0 saturated heterocycles. The van der Waals surface area contributed by atoms with Gasteiger partial charge in [0.1, 0.15) is 0 Å². The third-order valence-electron chi connectivity index (χ3n) is 1.46. The number of rotatable bonds is 2. The summed E-state index contributed by atoms with van der Waals surface area (Å²) in [6, 6.07) is 5.59. The molecule has 0 fully saturated rings. The van der Waals surface area contributed by atoms with E-state index < -0.39 is 9.05 Å². The highest BCUT2D eigenvalue weighted by molar-refractivity contribution is 8.13. The van der Waals surface area contributed by atoms with Crippen molar-refractivity contribution in [3.05, 3.63) is 24.3 Å². The van der Waals surface area contributed by atoms with E-state index in [0.717, 1.165) is 0 Å². The smallest absolute Gasteiger partial charge is 0.261 e. The van der Waals surface area contributed by atoms with E-state index in [9.17, 15) is 13.2 Å². The topological polar surface area (TPSA) is 63.2 Å². The van der Waals surface area contributed by atoms with Crippen LogP contribution in [0.2, 0.25) is 0 Å². The van der Waals surface area contributed by atoms with Crippen molar-refractivity contribution in [2.75, 3.05) is 5.32 Å². The number of hydrogen-bond donors (Lipinski definition) is 1. The lowest BCUT2D eigenvalue weighted by Gasteiger charge is -2.01. The first-order valence-corrected chi connectivity index (χ1v) is 6.03. The molecule has 14 heavy (non-hydrogen) atoms. The van der Waals surface area contributed by atoms with Crippen LogP contribution in [0.1, 0.15) is 8.35 Å². The van der Waals surface area contributed by atoms with Crippen LogP contribution in [0.3, 0.4) is 0 Å². The maximum Gasteiger partial charge on any atom is 0.261 e. The number of halogens is 1. The summed E-state index contributed by atoms with van der Waals surface area (Å²) < 4.78 is 21.7. The predicted octanol–water partition coefficient (Wildman–Crippen LogP) is 1.82. The van der Waals surface area contributed by atoms with Crippen molar-refractivity contribution in [3.63, 3.8) is 0 Å². The van der Waals surface area contributed by atoms with Crippen LogP contribution in [0.4, 0.5) is 5.69 Å². The van der Waals surface area contributed by atoms with E-state index in [1.165, 1.54) is 31.2 Å². The lowest BCUT2D eigenvalue weighted by molar-refractivity contribution is -0.114. The first kappa shape index (κ1) is 11.0. The fourth-order valence-corrected chi connectivity index (χ4v) is 1.67. The van der Waals surface area contributed by atoms with Crippen molar-refractivity contribution in [1.29, 1.82) is 0 Å². The van der Waals surface area contributed by atoms with E-state index in [2.05, 4.69) is 5.32 Å². The van der Waals surface area contributed by atoms with Gasteiger partial charge < -0.3 is 5.32 Å². The quantitative estimate of drug-likeness (QED) is 0.796. The van der Waals surface area contributed by atoms with Crippen LogP contribution in [0.25, 0.3) is 0 Å². The number of anilines is 1. The van der Waals surface area contributed by atoms with Crippen molar-refractivity contribution in [3.8, 4) is 0 Å². The molecule has 4 nitrogen and oxygen atoms in total. The Labute approximate surface area is 87.8 Å². The molecular weight excluding hydrogens is 226 g/mol. The molecule has 1 N–H and O–H groups in total. The highest BCUT2D eigenvalue weighted by Crippen LogP contribution is 2.17. The molecular formula is C8H10ClNO3S. The van der Waals surface area contributed by atoms with Crippen LogP contribution < -0.4 is 5.32 Å². The molecule has 0 saturated carbocycles. The normalized spacial score (nSPS) is 11.0. The Morgan fingerprint density at radius 1 is 1.36 bits per heavy atom. The second-order valence-electron chi connectivity index (χ2n) is 2.64. The molecule has 0 atom stereocenters. The lowest BCUT2D eigenvalue weighted by atomic mass is 10.3. The summed E-state index contributed by atoms with van der Waals surface area (Å²) >= 11 is 0. The zero-order valence-electron chi connectivity index (χ0n) is 7.32. The first-order valence-electron chi connectivity index (χ1n) is 3.72.